The van der Waals surface area contributed by atoms with Crippen molar-refractivity contribution in [1.29, 1.82) is 5.26 Å². The van der Waals surface area contributed by atoms with Crippen molar-refractivity contribution in [3.63, 3.8) is 0 Å². The van der Waals surface area contributed by atoms with Crippen molar-refractivity contribution in [2.45, 2.75) is 37.5 Å². The van der Waals surface area contributed by atoms with Gasteiger partial charge < -0.3 is 15.0 Å². The number of nitriles is 1. The molecule has 274 valence electrons. The third-order valence-electron chi connectivity index (χ3n) is 6.99. The van der Waals surface area contributed by atoms with E-state index in [1.807, 2.05) is 5.32 Å². The maximum absolute atomic E-state index is 16.0. The van der Waals surface area contributed by atoms with E-state index in [9.17, 15) is 63.1 Å². The van der Waals surface area contributed by atoms with Crippen LogP contribution >= 0.6 is 0 Å². The van der Waals surface area contributed by atoms with Crippen LogP contribution in [0.1, 0.15) is 50.8 Å². The molecule has 0 spiro atoms. The van der Waals surface area contributed by atoms with Gasteiger partial charge in [-0.3, -0.25) is 19.7 Å². The van der Waals surface area contributed by atoms with Gasteiger partial charge >= 0.3 is 30.3 Å². The molecule has 0 unspecified atom stereocenters. The van der Waals surface area contributed by atoms with E-state index in [0.29, 0.717) is 11.0 Å². The molecule has 3 rings (SSSR count). The highest BCUT2D eigenvalue weighted by Gasteiger charge is 2.73. The van der Waals surface area contributed by atoms with Crippen LogP contribution in [0.4, 0.5) is 64.5 Å². The van der Waals surface area contributed by atoms with Crippen LogP contribution < -0.4 is 21.0 Å². The normalized spacial score (nSPS) is 12.1. The topological polar surface area (TPSA) is 129 Å². The Morgan fingerprint density at radius 3 is 2.02 bits per heavy atom. The first kappa shape index (κ1) is 40.8. The Morgan fingerprint density at radius 1 is 0.904 bits per heavy atom. The number of amides is 4. The molecule has 0 saturated heterocycles. The van der Waals surface area contributed by atoms with E-state index in [0.717, 1.165) is 24.3 Å². The van der Waals surface area contributed by atoms with E-state index in [1.54, 1.807) is 6.07 Å². The zero-order valence-corrected chi connectivity index (χ0v) is 26.0. The summed E-state index contributed by atoms with van der Waals surface area (Å²) < 4.78 is 157. The molecule has 52 heavy (non-hydrogen) atoms. The van der Waals surface area contributed by atoms with Crippen molar-refractivity contribution in [2.75, 3.05) is 23.4 Å². The molecule has 0 atom stereocenters. The zero-order valence-electron chi connectivity index (χ0n) is 26.0. The Bertz CT molecular complexity index is 1890. The number of carbonyl (C=O) groups is 4. The van der Waals surface area contributed by atoms with Gasteiger partial charge in [-0.05, 0) is 49.4 Å². The summed E-state index contributed by atoms with van der Waals surface area (Å²) in [7, 11) is 5.34. The minimum absolute atomic E-state index is 0.0984. The summed E-state index contributed by atoms with van der Waals surface area (Å²) >= 11 is 0. The summed E-state index contributed by atoms with van der Waals surface area (Å²) in [4.78, 5) is 51.1. The average molecular weight is 748 g/mol. The fourth-order valence-electron chi connectivity index (χ4n) is 4.53. The highest BCUT2D eigenvalue weighted by Crippen LogP contribution is 2.54. The first-order valence-corrected chi connectivity index (χ1v) is 14.2. The fraction of sp³-hybridized carbons (Fsp3) is 0.258. The zero-order chi connectivity index (χ0) is 39.4. The molecule has 0 heterocycles. The van der Waals surface area contributed by atoms with Crippen LogP contribution in [0.3, 0.4) is 0 Å². The summed E-state index contributed by atoms with van der Waals surface area (Å²) in [5.74, 6) is -5.56. The molecule has 3 aromatic rings. The Kier molecular flexibility index (Phi) is 12.0. The minimum Gasteiger partial charge on any atom is -0.450 e. The SMILES string of the molecule is [B]c1cc(C(F)(C(F)(F)F)C(F)(F)F)cc(C(F)(F)F)c1NC(=O)c1cccc(N(CCC(=O)NC(=O)OCC)C(=O)c2ccc(C#N)cc2)c1F. The predicted molar refractivity (Wildman–Crippen MR) is 159 cm³/mol. The number of alkyl carbamates (subject to hydrolysis) is 1. The summed E-state index contributed by atoms with van der Waals surface area (Å²) in [6.07, 6.45) is -21.4. The number of nitrogens with zero attached hydrogens (tertiary/aromatic N) is 2. The number of ether oxygens (including phenoxy) is 1. The van der Waals surface area contributed by atoms with Gasteiger partial charge in [0.15, 0.2) is 5.82 Å². The van der Waals surface area contributed by atoms with Gasteiger partial charge in [0.2, 0.25) is 5.91 Å². The van der Waals surface area contributed by atoms with Gasteiger partial charge in [-0.2, -0.15) is 44.8 Å². The molecule has 4 amide bonds. The molecule has 0 saturated carbocycles. The third kappa shape index (κ3) is 8.61. The number of halogens is 11. The molecule has 21 heteroatoms. The number of alkyl halides is 10. The van der Waals surface area contributed by atoms with Crippen molar-refractivity contribution in [3.05, 3.63) is 88.2 Å². The molecule has 2 radical (unpaired) electrons. The van der Waals surface area contributed by atoms with Crippen LogP contribution in [-0.4, -0.2) is 57.2 Å². The number of benzene rings is 3. The van der Waals surface area contributed by atoms with E-state index in [1.165, 1.54) is 24.4 Å². The monoisotopic (exact) mass is 748 g/mol. The van der Waals surface area contributed by atoms with Crippen LogP contribution in [0.2, 0.25) is 0 Å². The van der Waals surface area contributed by atoms with Crippen molar-refractivity contribution in [1.82, 2.24) is 5.32 Å². The maximum Gasteiger partial charge on any atom is 0.435 e. The first-order valence-electron chi connectivity index (χ1n) is 14.2. The van der Waals surface area contributed by atoms with E-state index < -0.39 is 112 Å². The predicted octanol–water partition coefficient (Wildman–Crippen LogP) is 6.36. The fourth-order valence-corrected chi connectivity index (χ4v) is 4.53. The van der Waals surface area contributed by atoms with Crippen molar-refractivity contribution in [2.24, 2.45) is 0 Å². The molecule has 0 bridgehead atoms. The van der Waals surface area contributed by atoms with Crippen LogP contribution in [-0.2, 0) is 21.4 Å². The lowest BCUT2D eigenvalue weighted by Gasteiger charge is -2.31. The molecule has 9 nitrogen and oxygen atoms in total. The Labute approximate surface area is 286 Å². The van der Waals surface area contributed by atoms with Crippen LogP contribution in [0, 0.1) is 17.1 Å². The van der Waals surface area contributed by atoms with E-state index >= 15 is 4.39 Å². The van der Waals surface area contributed by atoms with Gasteiger partial charge in [0.05, 0.1) is 35.1 Å². The van der Waals surface area contributed by atoms with Gasteiger partial charge in [-0.25, -0.2) is 13.6 Å². The summed E-state index contributed by atoms with van der Waals surface area (Å²) in [5.41, 5.74) is -16.8. The molecule has 2 N–H and O–H groups in total. The minimum atomic E-state index is -6.82. The van der Waals surface area contributed by atoms with Gasteiger partial charge in [0.25, 0.3) is 11.8 Å². The summed E-state index contributed by atoms with van der Waals surface area (Å²) in [6, 6.07) is 7.61. The Morgan fingerprint density at radius 2 is 1.50 bits per heavy atom. The number of nitrogens with one attached hydrogen (secondary N) is 2. The second-order valence-electron chi connectivity index (χ2n) is 10.4. The number of carbonyl (C=O) groups excluding carboxylic acids is 4. The number of hydrogen-bond donors (Lipinski definition) is 2. The lowest BCUT2D eigenvalue weighted by molar-refractivity contribution is -0.348. The van der Waals surface area contributed by atoms with E-state index in [-0.39, 0.29) is 17.7 Å². The van der Waals surface area contributed by atoms with Gasteiger partial charge in [-0.15, -0.1) is 0 Å². The van der Waals surface area contributed by atoms with Crippen molar-refractivity contribution < 1.29 is 72.2 Å². The summed E-state index contributed by atoms with van der Waals surface area (Å²) in [5, 5.41) is 12.3. The Hall–Kier alpha value is -5.68. The number of hydrogen-bond acceptors (Lipinski definition) is 6. The van der Waals surface area contributed by atoms with Crippen LogP contribution in [0.5, 0.6) is 0 Å². The standard InChI is InChI=1S/C31H20BF11N4O5/c1-2-52-27(51)45-22(48)10-11-47(26(50)16-8-6-15(14-44)7-9-16)21-5-3-4-18(23(21)33)25(49)46-24-19(29(35,36)37)12-17(13-20(24)32)28(34,30(38,39)40)31(41,42)43/h3-9,12-13H,2,10-11H2,1H3,(H,46,49)(H,45,48,51). The Balaban J connectivity index is 2.11. The lowest BCUT2D eigenvalue weighted by atomic mass is 9.83. The molecule has 0 aromatic heterocycles. The number of imide groups is 1. The molecular weight excluding hydrogens is 728 g/mol. The molecule has 0 aliphatic rings. The smallest absolute Gasteiger partial charge is 0.435 e. The highest BCUT2D eigenvalue weighted by atomic mass is 19.4. The van der Waals surface area contributed by atoms with Crippen molar-refractivity contribution in [3.8, 4) is 6.07 Å². The quantitative estimate of drug-likeness (QED) is 0.194. The largest absolute Gasteiger partial charge is 0.450 e. The van der Waals surface area contributed by atoms with Gasteiger partial charge in [-0.1, -0.05) is 17.6 Å². The van der Waals surface area contributed by atoms with Crippen LogP contribution in [0.25, 0.3) is 0 Å². The highest BCUT2D eigenvalue weighted by molar-refractivity contribution is 6.37. The molecular formula is C31H20BF11N4O5. The molecule has 3 aromatic carbocycles. The average Bonchev–Trinajstić information content (AvgIpc) is 3.04. The lowest BCUT2D eigenvalue weighted by Crippen LogP contribution is -2.51. The van der Waals surface area contributed by atoms with Crippen LogP contribution in [0.15, 0.2) is 54.6 Å². The first-order chi connectivity index (χ1) is 24.0. The third-order valence-corrected chi connectivity index (χ3v) is 6.99. The van der Waals surface area contributed by atoms with Gasteiger partial charge in [0.1, 0.15) is 7.85 Å². The second kappa shape index (κ2) is 15.3. The number of rotatable bonds is 9. The maximum atomic E-state index is 16.0. The molecule has 0 fully saturated rings. The second-order valence-corrected chi connectivity index (χ2v) is 10.4. The van der Waals surface area contributed by atoms with E-state index in [4.69, 9.17) is 13.1 Å². The summed E-state index contributed by atoms with van der Waals surface area (Å²) in [6.45, 7) is 0.583. The van der Waals surface area contributed by atoms with E-state index in [2.05, 4.69) is 4.74 Å². The van der Waals surface area contributed by atoms with Crippen molar-refractivity contribution >= 4 is 48.5 Å². The van der Waals surface area contributed by atoms with Gasteiger partial charge in [0, 0.05) is 29.8 Å². The molecule has 0 aliphatic carbocycles. The molecule has 0 aliphatic heterocycles. The number of anilines is 2.